The maximum atomic E-state index is 12.2. The van der Waals surface area contributed by atoms with Gasteiger partial charge in [0.1, 0.15) is 12.3 Å². The number of carboxylic acid groups (broad SMARTS) is 1. The Bertz CT molecular complexity index is 714. The molecule has 2 rings (SSSR count). The Balaban J connectivity index is 2.06. The van der Waals surface area contributed by atoms with Gasteiger partial charge >= 0.3 is 5.97 Å². The van der Waals surface area contributed by atoms with E-state index >= 15 is 0 Å². The average Bonchev–Trinajstić information content (AvgIpc) is 3.02. The third-order valence-electron chi connectivity index (χ3n) is 3.40. The lowest BCUT2D eigenvalue weighted by atomic mass is 10.0. The van der Waals surface area contributed by atoms with Crippen LogP contribution in [0, 0.1) is 0 Å². The largest absolute Gasteiger partial charge is 0.494 e. The van der Waals surface area contributed by atoms with E-state index in [9.17, 15) is 9.59 Å². The summed E-state index contributed by atoms with van der Waals surface area (Å²) < 4.78 is 6.80. The van der Waals surface area contributed by atoms with Gasteiger partial charge in [-0.25, -0.2) is 9.48 Å². The normalized spacial score (nSPS) is 11.8. The van der Waals surface area contributed by atoms with E-state index in [0.717, 1.165) is 11.3 Å². The number of aromatic nitrogens is 3. The molecule has 1 amide bonds. The Hall–Kier alpha value is -2.90. The second kappa shape index (κ2) is 8.09. The molecule has 0 saturated heterocycles. The zero-order valence-corrected chi connectivity index (χ0v) is 13.6. The molecular weight excluding hydrogens is 312 g/mol. The standard InChI is InChI=1S/C16H20N4O4/c1-3-12(11-7-5-6-8-14(11)24-4-2)17-15(21)10-20-9-13(16(22)23)18-19-20/h5-9,12H,3-4,10H2,1-2H3,(H,17,21)(H,22,23). The van der Waals surface area contributed by atoms with Gasteiger partial charge in [-0.15, -0.1) is 5.10 Å². The third-order valence-corrected chi connectivity index (χ3v) is 3.40. The molecule has 2 aromatic rings. The van der Waals surface area contributed by atoms with Crippen molar-refractivity contribution in [2.75, 3.05) is 6.61 Å². The van der Waals surface area contributed by atoms with Gasteiger partial charge in [-0.2, -0.15) is 0 Å². The minimum Gasteiger partial charge on any atom is -0.494 e. The average molecular weight is 332 g/mol. The number of nitrogens with zero attached hydrogens (tertiary/aromatic N) is 3. The molecular formula is C16H20N4O4. The minimum atomic E-state index is -1.18. The number of rotatable bonds is 8. The van der Waals surface area contributed by atoms with Gasteiger partial charge in [0.05, 0.1) is 18.8 Å². The van der Waals surface area contributed by atoms with Gasteiger partial charge in [-0.05, 0) is 19.4 Å². The Morgan fingerprint density at radius 3 is 2.71 bits per heavy atom. The van der Waals surface area contributed by atoms with Crippen LogP contribution in [0.25, 0.3) is 0 Å². The lowest BCUT2D eigenvalue weighted by Gasteiger charge is -2.20. The van der Waals surface area contributed by atoms with Crippen LogP contribution in [-0.2, 0) is 11.3 Å². The van der Waals surface area contributed by atoms with Crippen LogP contribution in [0.2, 0.25) is 0 Å². The molecule has 1 aromatic heterocycles. The summed E-state index contributed by atoms with van der Waals surface area (Å²) in [5.74, 6) is -0.727. The van der Waals surface area contributed by atoms with Crippen LogP contribution in [-0.4, -0.2) is 38.6 Å². The molecule has 0 aliphatic rings. The molecule has 0 fully saturated rings. The van der Waals surface area contributed by atoms with Crippen molar-refractivity contribution in [1.82, 2.24) is 20.3 Å². The summed E-state index contributed by atoms with van der Waals surface area (Å²) in [5, 5.41) is 18.8. The Morgan fingerprint density at radius 1 is 1.33 bits per heavy atom. The monoisotopic (exact) mass is 332 g/mol. The highest BCUT2D eigenvalue weighted by atomic mass is 16.5. The van der Waals surface area contributed by atoms with Crippen LogP contribution in [0.1, 0.15) is 42.4 Å². The van der Waals surface area contributed by atoms with Crippen LogP contribution in [0.3, 0.4) is 0 Å². The van der Waals surface area contributed by atoms with E-state index in [-0.39, 0.29) is 24.2 Å². The van der Waals surface area contributed by atoms with E-state index < -0.39 is 5.97 Å². The number of aromatic carboxylic acids is 1. The number of carbonyl (C=O) groups is 2. The molecule has 24 heavy (non-hydrogen) atoms. The Kier molecular flexibility index (Phi) is 5.89. The number of hydrogen-bond donors (Lipinski definition) is 2. The van der Waals surface area contributed by atoms with Gasteiger partial charge in [0.2, 0.25) is 5.91 Å². The molecule has 0 aliphatic heterocycles. The highest BCUT2D eigenvalue weighted by Gasteiger charge is 2.18. The maximum absolute atomic E-state index is 12.2. The van der Waals surface area contributed by atoms with Crippen LogP contribution in [0.15, 0.2) is 30.5 Å². The van der Waals surface area contributed by atoms with Gasteiger partial charge < -0.3 is 15.2 Å². The second-order valence-corrected chi connectivity index (χ2v) is 5.11. The lowest BCUT2D eigenvalue weighted by molar-refractivity contribution is -0.122. The predicted octanol–water partition coefficient (Wildman–Crippen LogP) is 1.64. The van der Waals surface area contributed by atoms with Gasteiger partial charge in [0, 0.05) is 5.56 Å². The Morgan fingerprint density at radius 2 is 2.08 bits per heavy atom. The fraction of sp³-hybridized carbons (Fsp3) is 0.375. The summed E-state index contributed by atoms with van der Waals surface area (Å²) in [6, 6.07) is 7.35. The van der Waals surface area contributed by atoms with E-state index in [4.69, 9.17) is 9.84 Å². The fourth-order valence-electron chi connectivity index (χ4n) is 2.32. The molecule has 0 aliphatic carbocycles. The quantitative estimate of drug-likeness (QED) is 0.761. The topological polar surface area (TPSA) is 106 Å². The second-order valence-electron chi connectivity index (χ2n) is 5.11. The summed E-state index contributed by atoms with van der Waals surface area (Å²) in [4.78, 5) is 23.0. The highest BCUT2D eigenvalue weighted by Crippen LogP contribution is 2.27. The molecule has 8 heteroatoms. The van der Waals surface area contributed by atoms with Gasteiger partial charge in [0.15, 0.2) is 5.69 Å². The number of ether oxygens (including phenoxy) is 1. The molecule has 128 valence electrons. The van der Waals surface area contributed by atoms with Gasteiger partial charge in [-0.3, -0.25) is 4.79 Å². The van der Waals surface area contributed by atoms with Crippen molar-refractivity contribution in [3.8, 4) is 5.75 Å². The summed E-state index contributed by atoms with van der Waals surface area (Å²) in [7, 11) is 0. The molecule has 0 bridgehead atoms. The van der Waals surface area contributed by atoms with Crippen molar-refractivity contribution < 1.29 is 19.4 Å². The molecule has 2 N–H and O–H groups in total. The Labute approximate surface area is 139 Å². The SMILES string of the molecule is CCOc1ccccc1C(CC)NC(=O)Cn1cc(C(=O)O)nn1. The number of carbonyl (C=O) groups excluding carboxylic acids is 1. The molecule has 0 spiro atoms. The van der Waals surface area contributed by atoms with Crippen molar-refractivity contribution in [1.29, 1.82) is 0 Å². The molecule has 0 saturated carbocycles. The first-order chi connectivity index (χ1) is 11.5. The van der Waals surface area contributed by atoms with Crippen LogP contribution in [0.5, 0.6) is 5.75 Å². The fourth-order valence-corrected chi connectivity index (χ4v) is 2.32. The van der Waals surface area contributed by atoms with Crippen molar-refractivity contribution in [3.05, 3.63) is 41.7 Å². The molecule has 1 unspecified atom stereocenters. The van der Waals surface area contributed by atoms with Crippen molar-refractivity contribution in [2.45, 2.75) is 32.9 Å². The van der Waals surface area contributed by atoms with E-state index in [1.807, 2.05) is 38.1 Å². The van der Waals surface area contributed by atoms with Crippen molar-refractivity contribution >= 4 is 11.9 Å². The summed E-state index contributed by atoms with van der Waals surface area (Å²) in [6.45, 7) is 4.30. The van der Waals surface area contributed by atoms with Gasteiger partial charge in [0.25, 0.3) is 0 Å². The smallest absolute Gasteiger partial charge is 0.358 e. The highest BCUT2D eigenvalue weighted by molar-refractivity contribution is 5.84. The molecule has 1 atom stereocenters. The van der Waals surface area contributed by atoms with Crippen LogP contribution < -0.4 is 10.1 Å². The van der Waals surface area contributed by atoms with E-state index in [1.165, 1.54) is 10.9 Å². The summed E-state index contributed by atoms with van der Waals surface area (Å²) in [6.07, 6.45) is 1.91. The summed E-state index contributed by atoms with van der Waals surface area (Å²) >= 11 is 0. The third kappa shape index (κ3) is 4.31. The van der Waals surface area contributed by atoms with Crippen LogP contribution >= 0.6 is 0 Å². The number of hydrogen-bond acceptors (Lipinski definition) is 5. The predicted molar refractivity (Wildman–Crippen MR) is 85.8 cm³/mol. The van der Waals surface area contributed by atoms with E-state index in [2.05, 4.69) is 15.6 Å². The molecule has 0 radical (unpaired) electrons. The van der Waals surface area contributed by atoms with Crippen LogP contribution in [0.4, 0.5) is 0 Å². The first kappa shape index (κ1) is 17.5. The number of carboxylic acids is 1. The first-order valence-electron chi connectivity index (χ1n) is 7.69. The zero-order chi connectivity index (χ0) is 17.5. The number of nitrogens with one attached hydrogen (secondary N) is 1. The van der Waals surface area contributed by atoms with Gasteiger partial charge in [-0.1, -0.05) is 30.3 Å². The van der Waals surface area contributed by atoms with Crippen molar-refractivity contribution in [2.24, 2.45) is 0 Å². The van der Waals surface area contributed by atoms with E-state index in [0.29, 0.717) is 13.0 Å². The number of benzene rings is 1. The number of para-hydroxylation sites is 1. The maximum Gasteiger partial charge on any atom is 0.358 e. The lowest BCUT2D eigenvalue weighted by Crippen LogP contribution is -2.31. The number of amides is 1. The first-order valence-corrected chi connectivity index (χ1v) is 7.69. The molecule has 1 heterocycles. The zero-order valence-electron chi connectivity index (χ0n) is 13.6. The molecule has 8 nitrogen and oxygen atoms in total. The van der Waals surface area contributed by atoms with E-state index in [1.54, 1.807) is 0 Å². The molecule has 1 aromatic carbocycles. The minimum absolute atomic E-state index is 0.104. The summed E-state index contributed by atoms with van der Waals surface area (Å²) in [5.41, 5.74) is 0.705. The van der Waals surface area contributed by atoms with Crippen molar-refractivity contribution in [3.63, 3.8) is 0 Å².